The zero-order valence-corrected chi connectivity index (χ0v) is 10.4. The molecule has 98 valence electrons. The Hall–Kier alpha value is -1.59. The summed E-state index contributed by atoms with van der Waals surface area (Å²) < 4.78 is 5.53. The summed E-state index contributed by atoms with van der Waals surface area (Å²) in [6.07, 6.45) is -0.566. The maximum atomic E-state index is 12.3. The Balaban J connectivity index is 2.12. The number of carbonyl (C=O) groups excluding carboxylic acids is 1. The number of ether oxygens (including phenoxy) is 1. The molecule has 1 aromatic rings. The second-order valence-electron chi connectivity index (χ2n) is 4.31. The van der Waals surface area contributed by atoms with E-state index >= 15 is 0 Å². The molecule has 2 N–H and O–H groups in total. The number of para-hydroxylation sites is 1. The molecule has 5 nitrogen and oxygen atoms in total. The highest BCUT2D eigenvalue weighted by Crippen LogP contribution is 2.22. The number of benzene rings is 1. The Morgan fingerprint density at radius 3 is 3.06 bits per heavy atom. The van der Waals surface area contributed by atoms with Crippen molar-refractivity contribution in [3.05, 3.63) is 29.8 Å². The van der Waals surface area contributed by atoms with E-state index in [0.717, 1.165) is 0 Å². The average molecular weight is 250 g/mol. The SMILES string of the molecule is CNCC(O)CN1CCOc2ccccc2C1=O. The van der Waals surface area contributed by atoms with Gasteiger partial charge in [0.1, 0.15) is 12.4 Å². The quantitative estimate of drug-likeness (QED) is 0.795. The van der Waals surface area contributed by atoms with Crippen LogP contribution in [0.1, 0.15) is 10.4 Å². The van der Waals surface area contributed by atoms with Gasteiger partial charge < -0.3 is 20.1 Å². The Labute approximate surface area is 106 Å². The number of likely N-dealkylation sites (N-methyl/N-ethyl adjacent to an activating group) is 1. The lowest BCUT2D eigenvalue weighted by Gasteiger charge is -2.23. The van der Waals surface area contributed by atoms with Crippen LogP contribution in [0.5, 0.6) is 5.75 Å². The van der Waals surface area contributed by atoms with Crippen LogP contribution in [0.3, 0.4) is 0 Å². The van der Waals surface area contributed by atoms with Crippen LogP contribution in [0.25, 0.3) is 0 Å². The van der Waals surface area contributed by atoms with E-state index < -0.39 is 6.10 Å². The molecular formula is C13H18N2O3. The molecule has 0 aromatic heterocycles. The first-order valence-electron chi connectivity index (χ1n) is 6.06. The molecule has 1 heterocycles. The van der Waals surface area contributed by atoms with Crippen molar-refractivity contribution < 1.29 is 14.6 Å². The highest BCUT2D eigenvalue weighted by Gasteiger charge is 2.24. The topological polar surface area (TPSA) is 61.8 Å². The third-order valence-corrected chi connectivity index (χ3v) is 2.89. The fraction of sp³-hybridized carbons (Fsp3) is 0.462. The van der Waals surface area contributed by atoms with Gasteiger partial charge in [0.05, 0.1) is 18.2 Å². The molecule has 1 unspecified atom stereocenters. The number of rotatable bonds is 4. The number of nitrogens with one attached hydrogen (secondary N) is 1. The zero-order valence-electron chi connectivity index (χ0n) is 10.4. The van der Waals surface area contributed by atoms with Gasteiger partial charge in [-0.2, -0.15) is 0 Å². The van der Waals surface area contributed by atoms with E-state index in [9.17, 15) is 9.90 Å². The average Bonchev–Trinajstić information content (AvgIpc) is 2.51. The van der Waals surface area contributed by atoms with Crippen LogP contribution in [-0.2, 0) is 0 Å². The maximum Gasteiger partial charge on any atom is 0.257 e. The molecule has 0 saturated carbocycles. The van der Waals surface area contributed by atoms with Crippen LogP contribution in [0.15, 0.2) is 24.3 Å². The normalized spacial score (nSPS) is 16.8. The standard InChI is InChI=1S/C13H18N2O3/c1-14-8-10(16)9-15-6-7-18-12-5-3-2-4-11(12)13(15)17/h2-5,10,14,16H,6-9H2,1H3. The third-order valence-electron chi connectivity index (χ3n) is 2.89. The molecule has 0 aliphatic carbocycles. The lowest BCUT2D eigenvalue weighted by molar-refractivity contribution is 0.0621. The van der Waals surface area contributed by atoms with Crippen LogP contribution in [0, 0.1) is 0 Å². The third kappa shape index (κ3) is 2.80. The summed E-state index contributed by atoms with van der Waals surface area (Å²) in [6.45, 7) is 1.73. The molecule has 0 spiro atoms. The second-order valence-corrected chi connectivity index (χ2v) is 4.31. The molecule has 0 saturated heterocycles. The molecule has 0 radical (unpaired) electrons. The Kier molecular flexibility index (Phi) is 4.17. The molecule has 1 amide bonds. The summed E-state index contributed by atoms with van der Waals surface area (Å²) in [7, 11) is 1.77. The van der Waals surface area contributed by atoms with Crippen molar-refractivity contribution in [1.82, 2.24) is 10.2 Å². The van der Waals surface area contributed by atoms with Gasteiger partial charge in [-0.05, 0) is 19.2 Å². The molecule has 1 aliphatic rings. The molecule has 0 bridgehead atoms. The fourth-order valence-electron chi connectivity index (χ4n) is 2.04. The number of amides is 1. The molecule has 18 heavy (non-hydrogen) atoms. The van der Waals surface area contributed by atoms with Crippen molar-refractivity contribution in [2.45, 2.75) is 6.10 Å². The summed E-state index contributed by atoms with van der Waals surface area (Å²) in [6, 6.07) is 7.20. The van der Waals surface area contributed by atoms with E-state index in [1.165, 1.54) is 0 Å². The minimum Gasteiger partial charge on any atom is -0.491 e. The number of fused-ring (bicyclic) bond motifs is 1. The first-order chi connectivity index (χ1) is 8.72. The number of aliphatic hydroxyl groups excluding tert-OH is 1. The van der Waals surface area contributed by atoms with Gasteiger partial charge in [0.2, 0.25) is 0 Å². The number of hydrogen-bond donors (Lipinski definition) is 2. The number of hydrogen-bond acceptors (Lipinski definition) is 4. The Morgan fingerprint density at radius 1 is 1.50 bits per heavy atom. The van der Waals surface area contributed by atoms with Crippen molar-refractivity contribution in [3.63, 3.8) is 0 Å². The van der Waals surface area contributed by atoms with Gasteiger partial charge in [-0.15, -0.1) is 0 Å². The summed E-state index contributed by atoms with van der Waals surface area (Å²) in [5.41, 5.74) is 0.562. The molecule has 5 heteroatoms. The van der Waals surface area contributed by atoms with Crippen molar-refractivity contribution in [3.8, 4) is 5.75 Å². The van der Waals surface area contributed by atoms with E-state index in [1.807, 2.05) is 12.1 Å². The summed E-state index contributed by atoms with van der Waals surface area (Å²) in [5, 5.41) is 12.6. The van der Waals surface area contributed by atoms with Gasteiger partial charge in [-0.25, -0.2) is 0 Å². The first kappa shape index (κ1) is 12.9. The Bertz CT molecular complexity index is 422. The van der Waals surface area contributed by atoms with Gasteiger partial charge in [0.25, 0.3) is 5.91 Å². The second kappa shape index (κ2) is 5.84. The lowest BCUT2D eigenvalue weighted by atomic mass is 10.1. The van der Waals surface area contributed by atoms with E-state index in [4.69, 9.17) is 4.74 Å². The Morgan fingerprint density at radius 2 is 2.28 bits per heavy atom. The number of nitrogens with zero attached hydrogens (tertiary/aromatic N) is 1. The lowest BCUT2D eigenvalue weighted by Crippen LogP contribution is -2.41. The van der Waals surface area contributed by atoms with Gasteiger partial charge in [0, 0.05) is 13.1 Å². The first-order valence-corrected chi connectivity index (χ1v) is 6.06. The number of β-amino-alcohol motifs (C(OH)–C–C–N with tert-alkyl or cyclic N) is 1. The van der Waals surface area contributed by atoms with Gasteiger partial charge in [-0.3, -0.25) is 4.79 Å². The molecule has 1 aromatic carbocycles. The van der Waals surface area contributed by atoms with Crippen LogP contribution >= 0.6 is 0 Å². The monoisotopic (exact) mass is 250 g/mol. The summed E-state index contributed by atoms with van der Waals surface area (Å²) >= 11 is 0. The van der Waals surface area contributed by atoms with E-state index in [1.54, 1.807) is 24.1 Å². The number of carbonyl (C=O) groups is 1. The van der Waals surface area contributed by atoms with Crippen molar-refractivity contribution in [2.24, 2.45) is 0 Å². The van der Waals surface area contributed by atoms with E-state index in [-0.39, 0.29) is 5.91 Å². The van der Waals surface area contributed by atoms with Crippen LogP contribution in [0.2, 0.25) is 0 Å². The van der Waals surface area contributed by atoms with Crippen LogP contribution in [0.4, 0.5) is 0 Å². The largest absolute Gasteiger partial charge is 0.491 e. The van der Waals surface area contributed by atoms with Crippen molar-refractivity contribution >= 4 is 5.91 Å². The molecule has 0 fully saturated rings. The van der Waals surface area contributed by atoms with Crippen LogP contribution in [-0.4, -0.2) is 55.3 Å². The van der Waals surface area contributed by atoms with Gasteiger partial charge in [-0.1, -0.05) is 12.1 Å². The minimum atomic E-state index is -0.566. The van der Waals surface area contributed by atoms with Crippen molar-refractivity contribution in [2.75, 3.05) is 33.3 Å². The van der Waals surface area contributed by atoms with Gasteiger partial charge >= 0.3 is 0 Å². The minimum absolute atomic E-state index is 0.0850. The summed E-state index contributed by atoms with van der Waals surface area (Å²) in [4.78, 5) is 13.9. The highest BCUT2D eigenvalue weighted by molar-refractivity contribution is 5.97. The van der Waals surface area contributed by atoms with E-state index in [0.29, 0.717) is 37.6 Å². The predicted octanol–water partition coefficient (Wildman–Crippen LogP) is 0.101. The smallest absolute Gasteiger partial charge is 0.257 e. The van der Waals surface area contributed by atoms with Crippen LogP contribution < -0.4 is 10.1 Å². The summed E-state index contributed by atoms with van der Waals surface area (Å²) in [5.74, 6) is 0.534. The molecule has 1 atom stereocenters. The molecular weight excluding hydrogens is 232 g/mol. The van der Waals surface area contributed by atoms with Crippen molar-refractivity contribution in [1.29, 1.82) is 0 Å². The molecule has 1 aliphatic heterocycles. The predicted molar refractivity (Wildman–Crippen MR) is 67.8 cm³/mol. The fourth-order valence-corrected chi connectivity index (χ4v) is 2.04. The van der Waals surface area contributed by atoms with E-state index in [2.05, 4.69) is 5.32 Å². The zero-order chi connectivity index (χ0) is 13.0. The van der Waals surface area contributed by atoms with Gasteiger partial charge in [0.15, 0.2) is 0 Å². The maximum absolute atomic E-state index is 12.3. The highest BCUT2D eigenvalue weighted by atomic mass is 16.5. The number of aliphatic hydroxyl groups is 1. The molecule has 2 rings (SSSR count).